The van der Waals surface area contributed by atoms with E-state index in [1.807, 2.05) is 44.2 Å². The van der Waals surface area contributed by atoms with Crippen LogP contribution in [0.5, 0.6) is 0 Å². The van der Waals surface area contributed by atoms with Crippen molar-refractivity contribution in [3.05, 3.63) is 56.8 Å². The van der Waals surface area contributed by atoms with Crippen LogP contribution in [0.2, 0.25) is 0 Å². The van der Waals surface area contributed by atoms with Crippen molar-refractivity contribution in [3.8, 4) is 0 Å². The Hall–Kier alpha value is -1.89. The van der Waals surface area contributed by atoms with Gasteiger partial charge in [0, 0.05) is 42.5 Å². The molecule has 26 heavy (non-hydrogen) atoms. The van der Waals surface area contributed by atoms with E-state index in [2.05, 4.69) is 32.0 Å². The van der Waals surface area contributed by atoms with E-state index in [0.717, 1.165) is 41.1 Å². The van der Waals surface area contributed by atoms with E-state index in [9.17, 15) is 4.79 Å². The van der Waals surface area contributed by atoms with Gasteiger partial charge < -0.3 is 10.7 Å². The van der Waals surface area contributed by atoms with Gasteiger partial charge in [0.15, 0.2) is 0 Å². The molecular weight excluding hydrogens is 434 g/mol. The quantitative estimate of drug-likeness (QED) is 0.326. The number of aromatic nitrogens is 1. The number of hydrogen-bond acceptors (Lipinski definition) is 3. The Bertz CT molecular complexity index is 1230. The van der Waals surface area contributed by atoms with Crippen LogP contribution in [0, 0.1) is 0 Å². The Morgan fingerprint density at radius 2 is 1.96 bits per heavy atom. The van der Waals surface area contributed by atoms with Crippen LogP contribution in [0.4, 0.5) is 0 Å². The lowest BCUT2D eigenvalue weighted by Crippen LogP contribution is -2.16. The summed E-state index contributed by atoms with van der Waals surface area (Å²) in [5.74, 6) is 0.513. The third kappa shape index (κ3) is 3.13. The van der Waals surface area contributed by atoms with Crippen LogP contribution in [0.1, 0.15) is 19.4 Å². The minimum absolute atomic E-state index is 0. The van der Waals surface area contributed by atoms with E-state index in [1.54, 1.807) is 0 Å². The van der Waals surface area contributed by atoms with Crippen LogP contribution in [-0.4, -0.2) is 16.9 Å². The summed E-state index contributed by atoms with van der Waals surface area (Å²) in [6.07, 6.45) is 0. The van der Waals surface area contributed by atoms with Crippen LogP contribution in [-0.2, 0) is 0 Å². The molecule has 0 saturated heterocycles. The minimum Gasteiger partial charge on any atom is -0.383 e. The van der Waals surface area contributed by atoms with Crippen molar-refractivity contribution in [3.63, 3.8) is 0 Å². The highest BCUT2D eigenvalue weighted by Crippen LogP contribution is 2.37. The molecule has 0 spiro atoms. The predicted molar refractivity (Wildman–Crippen MR) is 118 cm³/mol. The molecule has 0 atom stereocenters. The molecule has 4 aromatic rings. The number of nitrogens with two attached hydrogens (primary N) is 1. The molecule has 0 unspecified atom stereocenters. The molecule has 2 aromatic heterocycles. The minimum atomic E-state index is -0.0589. The standard InChI is InChI=1S/C19H16BrN3OS.ClH/c1-9(2)22-18(21)10-3-6-14-13(7-10)16-12-5-4-11(20)8-15(12)25-17(16)19(24)23-14;/h3-9H,1-2H3,(H2,21,22)(H,23,24);1H. The maximum absolute atomic E-state index is 12.5. The van der Waals surface area contributed by atoms with Gasteiger partial charge in [0.1, 0.15) is 10.5 Å². The first-order valence-electron chi connectivity index (χ1n) is 7.95. The number of hydrogen-bond donors (Lipinski definition) is 2. The summed E-state index contributed by atoms with van der Waals surface area (Å²) in [7, 11) is 0. The lowest BCUT2D eigenvalue weighted by Gasteiger charge is -2.06. The molecular formula is C19H17BrClN3OS. The van der Waals surface area contributed by atoms with Gasteiger partial charge in [0.25, 0.3) is 5.56 Å². The van der Waals surface area contributed by atoms with Gasteiger partial charge in [-0.3, -0.25) is 9.79 Å². The molecule has 3 N–H and O–H groups in total. The Kier molecular flexibility index (Phi) is 5.10. The maximum Gasteiger partial charge on any atom is 0.266 e. The molecule has 0 amide bonds. The third-order valence-corrected chi connectivity index (χ3v) is 5.73. The number of thiophene rings is 1. The Morgan fingerprint density at radius 1 is 1.19 bits per heavy atom. The molecule has 4 nitrogen and oxygen atoms in total. The van der Waals surface area contributed by atoms with E-state index in [0.29, 0.717) is 5.84 Å². The molecule has 2 aromatic carbocycles. The summed E-state index contributed by atoms with van der Waals surface area (Å²) in [6, 6.07) is 12.0. The van der Waals surface area contributed by atoms with E-state index in [-0.39, 0.29) is 24.0 Å². The summed E-state index contributed by atoms with van der Waals surface area (Å²) in [6.45, 7) is 3.99. The Balaban J connectivity index is 0.00000196. The van der Waals surface area contributed by atoms with Crippen molar-refractivity contribution in [2.24, 2.45) is 10.7 Å². The van der Waals surface area contributed by atoms with Crippen molar-refractivity contribution < 1.29 is 0 Å². The predicted octanol–water partition coefficient (Wildman–Crippen LogP) is 5.19. The summed E-state index contributed by atoms with van der Waals surface area (Å²) in [5.41, 5.74) is 7.76. The molecule has 0 saturated carbocycles. The zero-order valence-electron chi connectivity index (χ0n) is 14.2. The molecule has 0 aliphatic rings. The van der Waals surface area contributed by atoms with Gasteiger partial charge in [-0.25, -0.2) is 0 Å². The summed E-state index contributed by atoms with van der Waals surface area (Å²) >= 11 is 5.01. The highest BCUT2D eigenvalue weighted by atomic mass is 79.9. The number of fused-ring (bicyclic) bond motifs is 5. The van der Waals surface area contributed by atoms with E-state index >= 15 is 0 Å². The molecule has 0 radical (unpaired) electrons. The van der Waals surface area contributed by atoms with E-state index in [1.165, 1.54) is 11.3 Å². The molecule has 0 aliphatic carbocycles. The van der Waals surface area contributed by atoms with E-state index < -0.39 is 0 Å². The lowest BCUT2D eigenvalue weighted by atomic mass is 10.0. The monoisotopic (exact) mass is 449 g/mol. The fraction of sp³-hybridized carbons (Fsp3) is 0.158. The largest absolute Gasteiger partial charge is 0.383 e. The zero-order valence-corrected chi connectivity index (χ0v) is 17.4. The number of H-pyrrole nitrogens is 1. The Morgan fingerprint density at radius 3 is 2.69 bits per heavy atom. The maximum atomic E-state index is 12.5. The molecule has 0 fully saturated rings. The smallest absolute Gasteiger partial charge is 0.266 e. The van der Waals surface area contributed by atoms with Crippen LogP contribution >= 0.6 is 39.7 Å². The summed E-state index contributed by atoms with van der Waals surface area (Å²) in [5, 5.41) is 3.05. The van der Waals surface area contributed by atoms with Crippen molar-refractivity contribution >= 4 is 76.6 Å². The van der Waals surface area contributed by atoms with Crippen molar-refractivity contribution in [1.82, 2.24) is 4.98 Å². The van der Waals surface area contributed by atoms with Crippen LogP contribution < -0.4 is 11.3 Å². The van der Waals surface area contributed by atoms with E-state index in [4.69, 9.17) is 5.73 Å². The third-order valence-electron chi connectivity index (χ3n) is 4.09. The summed E-state index contributed by atoms with van der Waals surface area (Å²) < 4.78 is 2.81. The van der Waals surface area contributed by atoms with Crippen LogP contribution in [0.3, 0.4) is 0 Å². The molecule has 4 rings (SSSR count). The number of aliphatic imine (C=N–C) groups is 1. The van der Waals surface area contributed by atoms with Gasteiger partial charge in [-0.05, 0) is 44.2 Å². The van der Waals surface area contributed by atoms with Gasteiger partial charge in [-0.1, -0.05) is 22.0 Å². The van der Waals surface area contributed by atoms with Crippen LogP contribution in [0.15, 0.2) is 50.7 Å². The second-order valence-electron chi connectivity index (χ2n) is 6.27. The van der Waals surface area contributed by atoms with Crippen molar-refractivity contribution in [2.75, 3.05) is 0 Å². The normalized spacial score (nSPS) is 12.2. The van der Waals surface area contributed by atoms with Crippen molar-refractivity contribution in [1.29, 1.82) is 0 Å². The van der Waals surface area contributed by atoms with Gasteiger partial charge >= 0.3 is 0 Å². The van der Waals surface area contributed by atoms with Crippen molar-refractivity contribution in [2.45, 2.75) is 19.9 Å². The average molecular weight is 451 g/mol. The number of nitrogens with one attached hydrogen (secondary N) is 1. The first-order chi connectivity index (χ1) is 11.9. The molecule has 7 heteroatoms. The lowest BCUT2D eigenvalue weighted by molar-refractivity contribution is 0.834. The van der Waals surface area contributed by atoms with Crippen LogP contribution in [0.25, 0.3) is 31.1 Å². The fourth-order valence-corrected chi connectivity index (χ4v) is 4.71. The Labute approximate surface area is 168 Å². The second kappa shape index (κ2) is 7.02. The number of benzene rings is 2. The number of amidine groups is 1. The molecule has 134 valence electrons. The highest BCUT2D eigenvalue weighted by Gasteiger charge is 2.14. The number of nitrogens with zero attached hydrogens (tertiary/aromatic N) is 1. The second-order valence-corrected chi connectivity index (χ2v) is 8.24. The molecule has 0 aliphatic heterocycles. The number of aromatic amines is 1. The number of pyridine rings is 1. The van der Waals surface area contributed by atoms with Gasteiger partial charge in [0.05, 0.1) is 0 Å². The molecule has 2 heterocycles. The zero-order chi connectivity index (χ0) is 17.7. The average Bonchev–Trinajstić information content (AvgIpc) is 2.93. The van der Waals surface area contributed by atoms with Gasteiger partial charge in [0.2, 0.25) is 0 Å². The SMILES string of the molecule is CC(C)N=C(N)c1ccc2[nH]c(=O)c3sc4cc(Br)ccc4c3c2c1.Cl. The topological polar surface area (TPSA) is 71.2 Å². The van der Waals surface area contributed by atoms with Gasteiger partial charge in [-0.15, -0.1) is 23.7 Å². The first-order valence-corrected chi connectivity index (χ1v) is 9.56. The fourth-order valence-electron chi connectivity index (χ4n) is 3.05. The first kappa shape index (κ1) is 18.9. The highest BCUT2D eigenvalue weighted by molar-refractivity contribution is 9.10. The number of rotatable bonds is 2. The summed E-state index contributed by atoms with van der Waals surface area (Å²) in [4.78, 5) is 19.9. The molecule has 0 bridgehead atoms. The van der Waals surface area contributed by atoms with Gasteiger partial charge in [-0.2, -0.15) is 0 Å². The number of halogens is 2.